The molecule has 0 unspecified atom stereocenters. The van der Waals surface area contributed by atoms with E-state index in [1.165, 1.54) is 5.56 Å². The molecule has 84 valence electrons. The molecule has 0 aliphatic rings. The minimum absolute atomic E-state index is 0.0131. The van der Waals surface area contributed by atoms with Crippen LogP contribution in [0.1, 0.15) is 30.5 Å². The first-order valence-electron chi connectivity index (χ1n) is 5.34. The van der Waals surface area contributed by atoms with E-state index in [0.29, 0.717) is 5.75 Å². The minimum atomic E-state index is 0.0131. The average molecular weight is 207 g/mol. The van der Waals surface area contributed by atoms with E-state index in [-0.39, 0.29) is 5.54 Å². The molecule has 0 aliphatic heterocycles. The second-order valence-corrected chi connectivity index (χ2v) is 4.88. The second kappa shape index (κ2) is 4.23. The smallest absolute Gasteiger partial charge is 0.119 e. The Morgan fingerprint density at radius 3 is 2.27 bits per heavy atom. The Morgan fingerprint density at radius 1 is 1.20 bits per heavy atom. The van der Waals surface area contributed by atoms with E-state index in [1.807, 2.05) is 20.0 Å². The van der Waals surface area contributed by atoms with E-state index < -0.39 is 0 Å². The SMILES string of the molecule is CNC(C)(C)Cc1cc(C)c(C)cc1O. The van der Waals surface area contributed by atoms with Gasteiger partial charge in [-0.3, -0.25) is 0 Å². The lowest BCUT2D eigenvalue weighted by Gasteiger charge is -2.24. The predicted molar refractivity (Wildman–Crippen MR) is 64.4 cm³/mol. The highest BCUT2D eigenvalue weighted by Crippen LogP contribution is 2.25. The van der Waals surface area contributed by atoms with Crippen molar-refractivity contribution in [2.45, 2.75) is 39.7 Å². The summed E-state index contributed by atoms with van der Waals surface area (Å²) in [7, 11) is 1.94. The van der Waals surface area contributed by atoms with Crippen LogP contribution in [-0.2, 0) is 6.42 Å². The number of benzene rings is 1. The molecule has 0 saturated carbocycles. The van der Waals surface area contributed by atoms with E-state index in [4.69, 9.17) is 0 Å². The van der Waals surface area contributed by atoms with Crippen molar-refractivity contribution < 1.29 is 5.11 Å². The van der Waals surface area contributed by atoms with Crippen molar-refractivity contribution in [3.05, 3.63) is 28.8 Å². The molecule has 0 saturated heterocycles. The van der Waals surface area contributed by atoms with Gasteiger partial charge in [-0.25, -0.2) is 0 Å². The van der Waals surface area contributed by atoms with Gasteiger partial charge in [0.15, 0.2) is 0 Å². The van der Waals surface area contributed by atoms with Gasteiger partial charge < -0.3 is 10.4 Å². The van der Waals surface area contributed by atoms with Crippen LogP contribution in [0.25, 0.3) is 0 Å². The van der Waals surface area contributed by atoms with Crippen molar-refractivity contribution in [1.82, 2.24) is 5.32 Å². The third-order valence-electron chi connectivity index (χ3n) is 3.00. The second-order valence-electron chi connectivity index (χ2n) is 4.88. The zero-order chi connectivity index (χ0) is 11.6. The molecule has 15 heavy (non-hydrogen) atoms. The summed E-state index contributed by atoms with van der Waals surface area (Å²) < 4.78 is 0. The van der Waals surface area contributed by atoms with E-state index >= 15 is 0 Å². The molecule has 2 heteroatoms. The fraction of sp³-hybridized carbons (Fsp3) is 0.538. The molecule has 2 N–H and O–H groups in total. The van der Waals surface area contributed by atoms with Crippen molar-refractivity contribution in [3.8, 4) is 5.75 Å². The molecule has 0 amide bonds. The molecule has 2 nitrogen and oxygen atoms in total. The molecular weight excluding hydrogens is 186 g/mol. The summed E-state index contributed by atoms with van der Waals surface area (Å²) in [5.41, 5.74) is 3.39. The zero-order valence-corrected chi connectivity index (χ0v) is 10.3. The molecule has 0 atom stereocenters. The summed E-state index contributed by atoms with van der Waals surface area (Å²) in [5, 5.41) is 13.1. The maximum absolute atomic E-state index is 9.85. The van der Waals surface area contributed by atoms with E-state index in [9.17, 15) is 5.11 Å². The monoisotopic (exact) mass is 207 g/mol. The van der Waals surface area contributed by atoms with Crippen LogP contribution < -0.4 is 5.32 Å². The number of aryl methyl sites for hydroxylation is 2. The van der Waals surface area contributed by atoms with Gasteiger partial charge in [0.1, 0.15) is 5.75 Å². The lowest BCUT2D eigenvalue weighted by Crippen LogP contribution is -2.38. The third kappa shape index (κ3) is 2.96. The van der Waals surface area contributed by atoms with E-state index in [1.54, 1.807) is 0 Å². The Hall–Kier alpha value is -1.02. The maximum Gasteiger partial charge on any atom is 0.119 e. The van der Waals surface area contributed by atoms with Gasteiger partial charge in [-0.15, -0.1) is 0 Å². The van der Waals surface area contributed by atoms with Crippen molar-refractivity contribution >= 4 is 0 Å². The van der Waals surface area contributed by atoms with E-state index in [2.05, 4.69) is 32.2 Å². The fourth-order valence-corrected chi connectivity index (χ4v) is 1.57. The van der Waals surface area contributed by atoms with Crippen molar-refractivity contribution in [2.24, 2.45) is 0 Å². The molecule has 0 bridgehead atoms. The molecule has 0 fully saturated rings. The highest BCUT2D eigenvalue weighted by Gasteiger charge is 2.17. The average Bonchev–Trinajstić information content (AvgIpc) is 2.14. The summed E-state index contributed by atoms with van der Waals surface area (Å²) >= 11 is 0. The molecule has 0 heterocycles. The van der Waals surface area contributed by atoms with Gasteiger partial charge in [-0.05, 0) is 63.9 Å². The van der Waals surface area contributed by atoms with Crippen molar-refractivity contribution in [2.75, 3.05) is 7.05 Å². The first-order chi connectivity index (χ1) is 6.85. The Kier molecular flexibility index (Phi) is 3.40. The summed E-state index contributed by atoms with van der Waals surface area (Å²) in [6.45, 7) is 8.34. The Bertz CT molecular complexity index is 356. The number of phenolic OH excluding ortho intramolecular Hbond substituents is 1. The minimum Gasteiger partial charge on any atom is -0.508 e. The molecule has 0 spiro atoms. The van der Waals surface area contributed by atoms with Crippen molar-refractivity contribution in [3.63, 3.8) is 0 Å². The summed E-state index contributed by atoms with van der Waals surface area (Å²) in [6.07, 6.45) is 0.830. The third-order valence-corrected chi connectivity index (χ3v) is 3.00. The van der Waals surface area contributed by atoms with Crippen LogP contribution >= 0.6 is 0 Å². The van der Waals surface area contributed by atoms with Crippen LogP contribution in [0.3, 0.4) is 0 Å². The number of aromatic hydroxyl groups is 1. The van der Waals surface area contributed by atoms with Gasteiger partial charge in [0, 0.05) is 5.54 Å². The summed E-state index contributed by atoms with van der Waals surface area (Å²) in [4.78, 5) is 0. The lowest BCUT2D eigenvalue weighted by molar-refractivity contribution is 0.405. The number of hydrogen-bond acceptors (Lipinski definition) is 2. The molecule has 0 aromatic heterocycles. The Morgan fingerprint density at radius 2 is 1.73 bits per heavy atom. The van der Waals surface area contributed by atoms with Crippen molar-refractivity contribution in [1.29, 1.82) is 0 Å². The predicted octanol–water partition coefficient (Wildman–Crippen LogP) is 2.55. The van der Waals surface area contributed by atoms with Crippen LogP contribution in [0.4, 0.5) is 0 Å². The summed E-state index contributed by atoms with van der Waals surface area (Å²) in [5.74, 6) is 0.404. The summed E-state index contributed by atoms with van der Waals surface area (Å²) in [6, 6.07) is 3.92. The first kappa shape index (κ1) is 12.1. The molecule has 1 aromatic rings. The maximum atomic E-state index is 9.85. The highest BCUT2D eigenvalue weighted by molar-refractivity contribution is 5.41. The topological polar surface area (TPSA) is 32.3 Å². The van der Waals surface area contributed by atoms with Gasteiger partial charge in [0.2, 0.25) is 0 Å². The first-order valence-corrected chi connectivity index (χ1v) is 5.34. The van der Waals surface area contributed by atoms with Gasteiger partial charge >= 0.3 is 0 Å². The van der Waals surface area contributed by atoms with Gasteiger partial charge in [-0.2, -0.15) is 0 Å². The normalized spacial score (nSPS) is 11.8. The Balaban J connectivity index is 3.01. The standard InChI is InChI=1S/C13H21NO/c1-9-6-11(8-13(3,4)14-5)12(15)7-10(9)2/h6-7,14-15H,8H2,1-5H3. The molecule has 0 aliphatic carbocycles. The van der Waals surface area contributed by atoms with Crippen LogP contribution in [0, 0.1) is 13.8 Å². The van der Waals surface area contributed by atoms with Crippen LogP contribution in [0.5, 0.6) is 5.75 Å². The van der Waals surface area contributed by atoms with Gasteiger partial charge in [0.25, 0.3) is 0 Å². The largest absolute Gasteiger partial charge is 0.508 e. The number of phenols is 1. The van der Waals surface area contributed by atoms with Crippen LogP contribution in [0.2, 0.25) is 0 Å². The number of rotatable bonds is 3. The zero-order valence-electron chi connectivity index (χ0n) is 10.3. The number of likely N-dealkylation sites (N-methyl/N-ethyl adjacent to an activating group) is 1. The van der Waals surface area contributed by atoms with Crippen LogP contribution in [-0.4, -0.2) is 17.7 Å². The van der Waals surface area contributed by atoms with Gasteiger partial charge in [0.05, 0.1) is 0 Å². The number of hydrogen-bond donors (Lipinski definition) is 2. The Labute approximate surface area is 92.3 Å². The molecule has 1 rings (SSSR count). The molecular formula is C13H21NO. The lowest BCUT2D eigenvalue weighted by atomic mass is 9.92. The molecule has 1 aromatic carbocycles. The van der Waals surface area contributed by atoms with E-state index in [0.717, 1.165) is 17.5 Å². The highest BCUT2D eigenvalue weighted by atomic mass is 16.3. The fourth-order valence-electron chi connectivity index (χ4n) is 1.57. The molecule has 0 radical (unpaired) electrons. The van der Waals surface area contributed by atoms with Gasteiger partial charge in [-0.1, -0.05) is 6.07 Å². The number of nitrogens with one attached hydrogen (secondary N) is 1. The quantitative estimate of drug-likeness (QED) is 0.798. The van der Waals surface area contributed by atoms with Crippen LogP contribution in [0.15, 0.2) is 12.1 Å².